The highest BCUT2D eigenvalue weighted by atomic mass is 15.1. The lowest BCUT2D eigenvalue weighted by atomic mass is 9.67. The lowest BCUT2D eigenvalue weighted by Crippen LogP contribution is -2.28. The van der Waals surface area contributed by atoms with Crippen molar-refractivity contribution in [2.45, 2.75) is 30.1 Å². The van der Waals surface area contributed by atoms with E-state index in [1.165, 1.54) is 122 Å². The maximum absolute atomic E-state index is 2.60. The van der Waals surface area contributed by atoms with Crippen LogP contribution in [0.3, 0.4) is 0 Å². The van der Waals surface area contributed by atoms with Crippen LogP contribution in [0, 0.1) is 0 Å². The Labute approximate surface area is 444 Å². The normalized spacial score (nSPS) is 14.8. The molecule has 12 aromatic rings. The SMILES string of the molecule is CC1(C)c2cc(-c3ccc4ccccc4c3)ccc2-c2ccc(N(c3ccc4c(c3)C(c3ccccc3)(c3ccccc3)c3ccccc3-4)c3cccc4c3-c3ccccc3C43c4ccccc4-c4ccccc43)cc21. The molecule has 0 amide bonds. The van der Waals surface area contributed by atoms with Gasteiger partial charge in [-0.15, -0.1) is 0 Å². The highest BCUT2D eigenvalue weighted by Crippen LogP contribution is 2.65. The lowest BCUT2D eigenvalue weighted by Gasteiger charge is -2.35. The van der Waals surface area contributed by atoms with Crippen molar-refractivity contribution >= 4 is 27.8 Å². The minimum atomic E-state index is -0.562. The summed E-state index contributed by atoms with van der Waals surface area (Å²) in [6.07, 6.45) is 0. The predicted molar refractivity (Wildman–Crippen MR) is 315 cm³/mol. The number of hydrogen-bond acceptors (Lipinski definition) is 1. The average Bonchev–Trinajstić information content (AvgIpc) is 4.26. The summed E-state index contributed by atoms with van der Waals surface area (Å²) in [6, 6.07) is 103. The van der Waals surface area contributed by atoms with Crippen LogP contribution in [0.4, 0.5) is 17.1 Å². The van der Waals surface area contributed by atoms with Crippen LogP contribution in [0.25, 0.3) is 66.4 Å². The number of rotatable bonds is 6. The standard InChI is InChI=1S/C75H51N/c1-73(2)68-45-51(50-37-36-48-20-9-10-21-49(48)44-50)38-41-59(68)60-42-39-54(46-69(60)73)76(55-40-43-61-58-28-11-15-30-63(58)74(70(61)47-55,52-22-5-3-6-23-52)53-24-7-4-8-25-53)71-35-19-34-67-72(71)62-29-14-18-33-66(62)75(67)64-31-16-12-26-56(64)57-27-13-17-32-65(57)75/h3-47H,1-2H3. The minimum Gasteiger partial charge on any atom is -0.310 e. The molecule has 76 heavy (non-hydrogen) atoms. The second kappa shape index (κ2) is 15.9. The van der Waals surface area contributed by atoms with Crippen LogP contribution in [0.2, 0.25) is 0 Å². The summed E-state index contributed by atoms with van der Waals surface area (Å²) in [5.41, 5.74) is 28.0. The van der Waals surface area contributed by atoms with Crippen LogP contribution in [0.5, 0.6) is 0 Å². The molecular formula is C75H51N. The molecule has 0 aliphatic heterocycles. The van der Waals surface area contributed by atoms with E-state index in [9.17, 15) is 0 Å². The van der Waals surface area contributed by atoms with Crippen LogP contribution in [0.1, 0.15) is 69.5 Å². The topological polar surface area (TPSA) is 3.24 Å². The molecule has 0 N–H and O–H groups in total. The predicted octanol–water partition coefficient (Wildman–Crippen LogP) is 19.0. The van der Waals surface area contributed by atoms with Crippen LogP contribution < -0.4 is 4.90 Å². The molecule has 1 heteroatoms. The monoisotopic (exact) mass is 965 g/mol. The molecule has 12 aromatic carbocycles. The van der Waals surface area contributed by atoms with Gasteiger partial charge >= 0.3 is 0 Å². The molecule has 16 rings (SSSR count). The number of nitrogens with zero attached hydrogens (tertiary/aromatic N) is 1. The Bertz CT molecular complexity index is 4300. The Morgan fingerprint density at radius 2 is 0.684 bits per heavy atom. The smallest absolute Gasteiger partial charge is 0.0726 e. The van der Waals surface area contributed by atoms with Crippen molar-refractivity contribution in [2.24, 2.45) is 0 Å². The van der Waals surface area contributed by atoms with Crippen LogP contribution >= 0.6 is 0 Å². The van der Waals surface area contributed by atoms with E-state index in [1.54, 1.807) is 0 Å². The molecule has 0 aromatic heterocycles. The molecule has 0 atom stereocenters. The van der Waals surface area contributed by atoms with Crippen molar-refractivity contribution in [3.05, 3.63) is 329 Å². The fraction of sp³-hybridized carbons (Fsp3) is 0.0667. The van der Waals surface area contributed by atoms with Gasteiger partial charge in [0.1, 0.15) is 0 Å². The molecule has 4 aliphatic carbocycles. The van der Waals surface area contributed by atoms with Gasteiger partial charge in [-0.05, 0) is 159 Å². The van der Waals surface area contributed by atoms with Gasteiger partial charge in [0.2, 0.25) is 0 Å². The Morgan fingerprint density at radius 1 is 0.263 bits per heavy atom. The van der Waals surface area contributed by atoms with E-state index < -0.39 is 10.8 Å². The summed E-state index contributed by atoms with van der Waals surface area (Å²) >= 11 is 0. The molecule has 1 spiro atoms. The molecule has 0 saturated carbocycles. The van der Waals surface area contributed by atoms with Gasteiger partial charge in [0, 0.05) is 22.4 Å². The fourth-order valence-electron chi connectivity index (χ4n) is 14.7. The highest BCUT2D eigenvalue weighted by molar-refractivity contribution is 6.02. The summed E-state index contributed by atoms with van der Waals surface area (Å²) in [4.78, 5) is 2.60. The van der Waals surface area contributed by atoms with E-state index >= 15 is 0 Å². The highest BCUT2D eigenvalue weighted by Gasteiger charge is 2.53. The molecule has 0 heterocycles. The van der Waals surface area contributed by atoms with Crippen molar-refractivity contribution < 1.29 is 0 Å². The van der Waals surface area contributed by atoms with Crippen molar-refractivity contribution in [2.75, 3.05) is 4.90 Å². The molecule has 1 nitrogen and oxygen atoms in total. The van der Waals surface area contributed by atoms with E-state index in [0.29, 0.717) is 0 Å². The van der Waals surface area contributed by atoms with Crippen LogP contribution in [0.15, 0.2) is 273 Å². The lowest BCUT2D eigenvalue weighted by molar-refractivity contribution is 0.660. The van der Waals surface area contributed by atoms with Crippen molar-refractivity contribution in [1.82, 2.24) is 0 Å². The Hall–Kier alpha value is -9.30. The van der Waals surface area contributed by atoms with Crippen molar-refractivity contribution in [3.8, 4) is 55.6 Å². The van der Waals surface area contributed by atoms with Gasteiger partial charge in [-0.2, -0.15) is 0 Å². The zero-order chi connectivity index (χ0) is 50.3. The molecule has 0 fully saturated rings. The van der Waals surface area contributed by atoms with Gasteiger partial charge in [0.15, 0.2) is 0 Å². The number of anilines is 3. The molecule has 0 saturated heterocycles. The first-order valence-electron chi connectivity index (χ1n) is 26.8. The van der Waals surface area contributed by atoms with Gasteiger partial charge in [0.05, 0.1) is 16.5 Å². The van der Waals surface area contributed by atoms with E-state index in [0.717, 1.165) is 17.1 Å². The first kappa shape index (κ1) is 43.1. The zero-order valence-electron chi connectivity index (χ0n) is 42.4. The Balaban J connectivity index is 0.952. The van der Waals surface area contributed by atoms with Gasteiger partial charge in [-0.1, -0.05) is 244 Å². The van der Waals surface area contributed by atoms with E-state index in [2.05, 4.69) is 292 Å². The van der Waals surface area contributed by atoms with Crippen molar-refractivity contribution in [1.29, 1.82) is 0 Å². The molecule has 0 unspecified atom stereocenters. The number of benzene rings is 12. The molecular weight excluding hydrogens is 915 g/mol. The Kier molecular flexibility index (Phi) is 9.00. The minimum absolute atomic E-state index is 0.277. The van der Waals surface area contributed by atoms with Gasteiger partial charge in [-0.3, -0.25) is 0 Å². The molecule has 0 bridgehead atoms. The second-order valence-electron chi connectivity index (χ2n) is 21.9. The quantitative estimate of drug-likeness (QED) is 0.161. The maximum atomic E-state index is 2.60. The fourth-order valence-corrected chi connectivity index (χ4v) is 14.7. The molecule has 356 valence electrons. The van der Waals surface area contributed by atoms with Crippen molar-refractivity contribution in [3.63, 3.8) is 0 Å². The van der Waals surface area contributed by atoms with Gasteiger partial charge in [0.25, 0.3) is 0 Å². The van der Waals surface area contributed by atoms with Crippen LogP contribution in [-0.4, -0.2) is 0 Å². The molecule has 0 radical (unpaired) electrons. The maximum Gasteiger partial charge on any atom is 0.0726 e. The number of fused-ring (bicyclic) bond motifs is 17. The average molecular weight is 966 g/mol. The third kappa shape index (κ3) is 5.64. The summed E-state index contributed by atoms with van der Waals surface area (Å²) in [5, 5.41) is 2.52. The van der Waals surface area contributed by atoms with Gasteiger partial charge < -0.3 is 4.90 Å². The second-order valence-corrected chi connectivity index (χ2v) is 21.9. The molecule has 4 aliphatic rings. The Morgan fingerprint density at radius 3 is 1.30 bits per heavy atom. The van der Waals surface area contributed by atoms with Gasteiger partial charge in [-0.25, -0.2) is 0 Å². The first-order chi connectivity index (χ1) is 37.5. The summed E-state index contributed by atoms with van der Waals surface area (Å²) in [7, 11) is 0. The largest absolute Gasteiger partial charge is 0.310 e. The third-order valence-corrected chi connectivity index (χ3v) is 17.9. The van der Waals surface area contributed by atoms with E-state index in [4.69, 9.17) is 0 Å². The number of hydrogen-bond donors (Lipinski definition) is 0. The van der Waals surface area contributed by atoms with Crippen LogP contribution in [-0.2, 0) is 16.2 Å². The van der Waals surface area contributed by atoms with E-state index in [1.807, 2.05) is 0 Å². The summed E-state index contributed by atoms with van der Waals surface area (Å²) in [6.45, 7) is 4.84. The summed E-state index contributed by atoms with van der Waals surface area (Å²) < 4.78 is 0. The first-order valence-corrected chi connectivity index (χ1v) is 26.8. The summed E-state index contributed by atoms with van der Waals surface area (Å²) in [5.74, 6) is 0. The third-order valence-electron chi connectivity index (χ3n) is 17.9. The zero-order valence-corrected chi connectivity index (χ0v) is 42.4. The van der Waals surface area contributed by atoms with E-state index in [-0.39, 0.29) is 5.41 Å².